The number of aromatic nitrogens is 1. The van der Waals surface area contributed by atoms with Crippen molar-refractivity contribution in [2.75, 3.05) is 12.3 Å². The van der Waals surface area contributed by atoms with Crippen molar-refractivity contribution < 1.29 is 14.6 Å². The van der Waals surface area contributed by atoms with Gasteiger partial charge in [0.1, 0.15) is 23.9 Å². The summed E-state index contributed by atoms with van der Waals surface area (Å²) in [7, 11) is 0. The molecule has 0 radical (unpaired) electrons. The number of hydrogen-bond donors (Lipinski definition) is 6. The highest BCUT2D eigenvalue weighted by molar-refractivity contribution is 6.10. The molecule has 0 unspecified atom stereocenters. The Hall–Kier alpha value is -4.66. The predicted octanol–water partition coefficient (Wildman–Crippen LogP) is 3.07. The van der Waals surface area contributed by atoms with Crippen LogP contribution in [-0.2, 0) is 4.79 Å². The molecule has 32 heavy (non-hydrogen) atoms. The molecule has 3 aromatic rings. The maximum absolute atomic E-state index is 10.7. The minimum Gasteiger partial charge on any atom is -0.480 e. The first-order valence-electron chi connectivity index (χ1n) is 9.53. The molecule has 3 rings (SSSR count). The number of carboxylic acid groups (broad SMARTS) is 1. The average molecular weight is 430 g/mol. The number of pyridine rings is 1. The van der Waals surface area contributed by atoms with Gasteiger partial charge in [0.25, 0.3) is 0 Å². The highest BCUT2D eigenvalue weighted by Gasteiger charge is 2.17. The molecule has 0 saturated heterocycles. The lowest BCUT2D eigenvalue weighted by Crippen LogP contribution is -2.18. The fraction of sp³-hybridized carbons (Fsp3) is 0.0435. The van der Waals surface area contributed by atoms with Crippen molar-refractivity contribution in [2.45, 2.75) is 0 Å². The number of carboxylic acids is 1. The third-order valence-electron chi connectivity index (χ3n) is 4.39. The number of carbonyl (C=O) groups is 1. The van der Waals surface area contributed by atoms with Crippen LogP contribution in [0.1, 0.15) is 11.3 Å². The van der Waals surface area contributed by atoms with Crippen molar-refractivity contribution in [3.8, 4) is 22.8 Å². The summed E-state index contributed by atoms with van der Waals surface area (Å²) in [6.45, 7) is -0.311. The van der Waals surface area contributed by atoms with Crippen LogP contribution in [0.15, 0.2) is 66.9 Å². The lowest BCUT2D eigenvalue weighted by atomic mass is 10.0. The van der Waals surface area contributed by atoms with Crippen molar-refractivity contribution in [1.82, 2.24) is 10.3 Å². The number of amidine groups is 1. The van der Waals surface area contributed by atoms with Crippen molar-refractivity contribution in [3.63, 3.8) is 0 Å². The van der Waals surface area contributed by atoms with Gasteiger partial charge in [0.15, 0.2) is 0 Å². The van der Waals surface area contributed by atoms with Crippen molar-refractivity contribution in [1.29, 1.82) is 10.8 Å². The fourth-order valence-corrected chi connectivity index (χ4v) is 2.95. The monoisotopic (exact) mass is 430 g/mol. The number of nitrogens with one attached hydrogen (secondary N) is 3. The number of aliphatic carboxylic acids is 1. The van der Waals surface area contributed by atoms with Crippen LogP contribution in [0.3, 0.4) is 0 Å². The summed E-state index contributed by atoms with van der Waals surface area (Å²) in [6, 6.07) is 17.9. The molecule has 0 atom stereocenters. The number of allylic oxidation sites excluding steroid dienone is 1. The van der Waals surface area contributed by atoms with Gasteiger partial charge in [0.05, 0.1) is 17.0 Å². The van der Waals surface area contributed by atoms with E-state index in [4.69, 9.17) is 32.1 Å². The first-order chi connectivity index (χ1) is 15.4. The quantitative estimate of drug-likeness (QED) is 0.224. The maximum Gasteiger partial charge on any atom is 0.322 e. The van der Waals surface area contributed by atoms with Crippen LogP contribution >= 0.6 is 0 Å². The van der Waals surface area contributed by atoms with E-state index in [2.05, 4.69) is 10.3 Å². The molecule has 9 heteroatoms. The standard InChI is InChI=1S/C23H22N6O3/c24-11-15(12-28-13-20(30)31)19-10-18(25)21(23(26)27)22(29-19)14-6-8-17(9-7-14)32-16-4-2-1-3-5-16/h1-12,24,28H,13H2,(H2,25,29)(H3,26,27)(H,30,31)/b15-12+,24-11?. The van der Waals surface area contributed by atoms with Crippen LogP contribution in [0.5, 0.6) is 11.5 Å². The molecule has 8 N–H and O–H groups in total. The normalized spacial score (nSPS) is 10.9. The predicted molar refractivity (Wildman–Crippen MR) is 124 cm³/mol. The number of anilines is 1. The Morgan fingerprint density at radius 3 is 2.38 bits per heavy atom. The second-order valence-corrected chi connectivity index (χ2v) is 6.69. The van der Waals surface area contributed by atoms with Crippen LogP contribution in [0.2, 0.25) is 0 Å². The lowest BCUT2D eigenvalue weighted by molar-refractivity contribution is -0.135. The van der Waals surface area contributed by atoms with Gasteiger partial charge in [-0.05, 0) is 42.5 Å². The second kappa shape index (κ2) is 9.90. The number of hydrogen-bond acceptors (Lipinski definition) is 7. The number of nitrogens with zero attached hydrogens (tertiary/aromatic N) is 1. The third kappa shape index (κ3) is 5.28. The summed E-state index contributed by atoms with van der Waals surface area (Å²) in [5.41, 5.74) is 14.1. The van der Waals surface area contributed by atoms with Crippen molar-refractivity contribution >= 4 is 29.3 Å². The Labute approximate surface area is 184 Å². The van der Waals surface area contributed by atoms with Gasteiger partial charge in [-0.1, -0.05) is 18.2 Å². The van der Waals surface area contributed by atoms with Crippen LogP contribution in [0, 0.1) is 10.8 Å². The van der Waals surface area contributed by atoms with Gasteiger partial charge in [0.2, 0.25) is 0 Å². The van der Waals surface area contributed by atoms with Gasteiger partial charge < -0.3 is 32.0 Å². The average Bonchev–Trinajstić information content (AvgIpc) is 2.77. The molecule has 0 spiro atoms. The smallest absolute Gasteiger partial charge is 0.322 e. The molecule has 9 nitrogen and oxygen atoms in total. The molecule has 0 aliphatic heterocycles. The molecule has 0 fully saturated rings. The Kier molecular flexibility index (Phi) is 6.81. The van der Waals surface area contributed by atoms with E-state index in [0.717, 1.165) is 6.21 Å². The number of ether oxygens (including phenoxy) is 1. The Morgan fingerprint density at radius 2 is 1.78 bits per heavy atom. The number of para-hydroxylation sites is 1. The van der Waals surface area contributed by atoms with Crippen molar-refractivity contribution in [2.24, 2.45) is 5.73 Å². The molecule has 0 amide bonds. The Morgan fingerprint density at radius 1 is 1.12 bits per heavy atom. The number of nitrogen functional groups attached to an aromatic ring is 2. The first kappa shape index (κ1) is 22.0. The van der Waals surface area contributed by atoms with Gasteiger partial charge in [-0.25, -0.2) is 4.98 Å². The van der Waals surface area contributed by atoms with Gasteiger partial charge in [-0.3, -0.25) is 10.2 Å². The molecule has 162 valence electrons. The minimum absolute atomic E-state index is 0.216. The SMILES string of the molecule is N=C/C(=C\NCC(=O)O)c1cc(N)c(C(=N)N)c(-c2ccc(Oc3ccccc3)cc2)n1. The van der Waals surface area contributed by atoms with E-state index in [-0.39, 0.29) is 23.6 Å². The molecular weight excluding hydrogens is 408 g/mol. The van der Waals surface area contributed by atoms with E-state index in [0.29, 0.717) is 34.0 Å². The summed E-state index contributed by atoms with van der Waals surface area (Å²) in [5.74, 6) is 0.0316. The zero-order chi connectivity index (χ0) is 23.1. The van der Waals surface area contributed by atoms with Crippen LogP contribution in [0.4, 0.5) is 5.69 Å². The zero-order valence-electron chi connectivity index (χ0n) is 17.0. The van der Waals surface area contributed by atoms with Crippen LogP contribution < -0.4 is 21.5 Å². The van der Waals surface area contributed by atoms with Gasteiger partial charge in [-0.15, -0.1) is 0 Å². The summed E-state index contributed by atoms with van der Waals surface area (Å²) < 4.78 is 5.81. The van der Waals surface area contributed by atoms with E-state index in [1.54, 1.807) is 24.3 Å². The van der Waals surface area contributed by atoms with E-state index in [1.165, 1.54) is 12.3 Å². The van der Waals surface area contributed by atoms with Crippen LogP contribution in [0.25, 0.3) is 16.8 Å². The highest BCUT2D eigenvalue weighted by Crippen LogP contribution is 2.30. The topological polar surface area (TPSA) is 171 Å². The third-order valence-corrected chi connectivity index (χ3v) is 4.39. The molecule has 2 aromatic carbocycles. The fourth-order valence-electron chi connectivity index (χ4n) is 2.95. The Balaban J connectivity index is 1.99. The van der Waals surface area contributed by atoms with Crippen molar-refractivity contribution in [3.05, 3.63) is 78.1 Å². The van der Waals surface area contributed by atoms with E-state index in [9.17, 15) is 4.79 Å². The molecule has 0 aliphatic carbocycles. The lowest BCUT2D eigenvalue weighted by Gasteiger charge is -2.14. The summed E-state index contributed by atoms with van der Waals surface area (Å²) in [4.78, 5) is 15.3. The highest BCUT2D eigenvalue weighted by atomic mass is 16.5. The molecule has 1 aromatic heterocycles. The molecule has 0 saturated carbocycles. The maximum atomic E-state index is 10.7. The van der Waals surface area contributed by atoms with E-state index >= 15 is 0 Å². The summed E-state index contributed by atoms with van der Waals surface area (Å²) >= 11 is 0. The molecule has 1 heterocycles. The number of nitrogens with two attached hydrogens (primary N) is 2. The van der Waals surface area contributed by atoms with Gasteiger partial charge in [0, 0.05) is 29.2 Å². The minimum atomic E-state index is -1.04. The first-order valence-corrected chi connectivity index (χ1v) is 9.53. The largest absolute Gasteiger partial charge is 0.480 e. The van der Waals surface area contributed by atoms with Crippen LogP contribution in [-0.4, -0.2) is 34.7 Å². The van der Waals surface area contributed by atoms with Gasteiger partial charge in [-0.2, -0.15) is 0 Å². The van der Waals surface area contributed by atoms with Gasteiger partial charge >= 0.3 is 5.97 Å². The number of rotatable bonds is 9. The molecule has 0 bridgehead atoms. The second-order valence-electron chi connectivity index (χ2n) is 6.69. The van der Waals surface area contributed by atoms with E-state index < -0.39 is 5.97 Å². The molecule has 0 aliphatic rings. The summed E-state index contributed by atoms with van der Waals surface area (Å²) in [6.07, 6.45) is 2.40. The van der Waals surface area contributed by atoms with E-state index in [1.807, 2.05) is 30.3 Å². The summed E-state index contributed by atoms with van der Waals surface area (Å²) in [5, 5.41) is 27.0. The zero-order valence-corrected chi connectivity index (χ0v) is 17.0. The number of benzene rings is 2. The molecular formula is C23H22N6O3. The Bertz CT molecular complexity index is 1170.